The lowest BCUT2D eigenvalue weighted by Gasteiger charge is -2.37. The van der Waals surface area contributed by atoms with Crippen LogP contribution in [-0.4, -0.2) is 23.9 Å². The van der Waals surface area contributed by atoms with E-state index in [-0.39, 0.29) is 18.4 Å². The second-order valence-electron chi connectivity index (χ2n) is 4.54. The van der Waals surface area contributed by atoms with Gasteiger partial charge in [-0.3, -0.25) is 9.59 Å². The number of nitrogens with one attached hydrogen (secondary N) is 1. The van der Waals surface area contributed by atoms with Gasteiger partial charge in [-0.25, -0.2) is 0 Å². The van der Waals surface area contributed by atoms with Gasteiger partial charge in [-0.2, -0.15) is 0 Å². The molecule has 1 aromatic rings. The molecule has 5 heteroatoms. The molecule has 1 aromatic carbocycles. The summed E-state index contributed by atoms with van der Waals surface area (Å²) in [6.07, 6.45) is 0. The summed E-state index contributed by atoms with van der Waals surface area (Å²) in [6.45, 7) is 3.49. The fourth-order valence-electron chi connectivity index (χ4n) is 1.82. The third-order valence-corrected chi connectivity index (χ3v) is 3.20. The van der Waals surface area contributed by atoms with Crippen LogP contribution >= 0.6 is 15.9 Å². The SMILES string of the molecule is CC1(C)NC(=O)CN(c2ccc(Br)cc2)C1=O. The number of benzene rings is 1. The predicted octanol–water partition coefficient (Wildman–Crippen LogP) is 1.69. The van der Waals surface area contributed by atoms with Gasteiger partial charge in [-0.05, 0) is 38.1 Å². The van der Waals surface area contributed by atoms with Crippen LogP contribution in [0.15, 0.2) is 28.7 Å². The summed E-state index contributed by atoms with van der Waals surface area (Å²) in [5.41, 5.74) is -0.108. The van der Waals surface area contributed by atoms with Crippen molar-refractivity contribution >= 4 is 33.4 Å². The van der Waals surface area contributed by atoms with Crippen molar-refractivity contribution in [3.05, 3.63) is 28.7 Å². The minimum absolute atomic E-state index is 0.0733. The molecule has 0 unspecified atom stereocenters. The number of nitrogens with zero attached hydrogens (tertiary/aromatic N) is 1. The molecule has 1 fully saturated rings. The summed E-state index contributed by atoms with van der Waals surface area (Å²) in [4.78, 5) is 25.2. The third kappa shape index (κ3) is 2.34. The first-order valence-electron chi connectivity index (χ1n) is 5.29. The average Bonchev–Trinajstić information content (AvgIpc) is 2.24. The quantitative estimate of drug-likeness (QED) is 0.857. The molecular weight excluding hydrogens is 284 g/mol. The first-order valence-corrected chi connectivity index (χ1v) is 6.08. The summed E-state index contributed by atoms with van der Waals surface area (Å²) in [5, 5.41) is 2.68. The van der Waals surface area contributed by atoms with E-state index in [9.17, 15) is 9.59 Å². The molecule has 0 spiro atoms. The lowest BCUT2D eigenvalue weighted by atomic mass is 10.00. The Hall–Kier alpha value is -1.36. The molecule has 0 bridgehead atoms. The molecule has 0 aromatic heterocycles. The Morgan fingerprint density at radius 1 is 1.24 bits per heavy atom. The lowest BCUT2D eigenvalue weighted by molar-refractivity contribution is -0.134. The predicted molar refractivity (Wildman–Crippen MR) is 68.7 cm³/mol. The van der Waals surface area contributed by atoms with Gasteiger partial charge in [-0.1, -0.05) is 15.9 Å². The van der Waals surface area contributed by atoms with E-state index in [1.165, 1.54) is 4.90 Å². The maximum absolute atomic E-state index is 12.2. The Morgan fingerprint density at radius 3 is 2.41 bits per heavy atom. The standard InChI is InChI=1S/C12H13BrN2O2/c1-12(2)11(17)15(7-10(16)14-12)9-5-3-8(13)4-6-9/h3-6H,7H2,1-2H3,(H,14,16). The summed E-state index contributed by atoms with van der Waals surface area (Å²) in [6, 6.07) is 7.33. The summed E-state index contributed by atoms with van der Waals surface area (Å²) < 4.78 is 0.939. The first kappa shape index (κ1) is 12.1. The van der Waals surface area contributed by atoms with Gasteiger partial charge in [0.1, 0.15) is 12.1 Å². The van der Waals surface area contributed by atoms with Crippen LogP contribution in [0.2, 0.25) is 0 Å². The second-order valence-corrected chi connectivity index (χ2v) is 5.46. The van der Waals surface area contributed by atoms with E-state index in [0.29, 0.717) is 0 Å². The van der Waals surface area contributed by atoms with Crippen LogP contribution < -0.4 is 10.2 Å². The molecule has 1 heterocycles. The molecule has 90 valence electrons. The topological polar surface area (TPSA) is 49.4 Å². The van der Waals surface area contributed by atoms with Gasteiger partial charge in [0.25, 0.3) is 5.91 Å². The molecule has 2 amide bonds. The number of rotatable bonds is 1. The highest BCUT2D eigenvalue weighted by molar-refractivity contribution is 9.10. The summed E-state index contributed by atoms with van der Waals surface area (Å²) in [5.74, 6) is -0.239. The molecule has 1 aliphatic heterocycles. The lowest BCUT2D eigenvalue weighted by Crippen LogP contribution is -2.64. The van der Waals surface area contributed by atoms with E-state index in [0.717, 1.165) is 10.2 Å². The molecular formula is C12H13BrN2O2. The molecule has 1 aliphatic rings. The van der Waals surface area contributed by atoms with Crippen molar-refractivity contribution in [1.82, 2.24) is 5.32 Å². The highest BCUT2D eigenvalue weighted by Crippen LogP contribution is 2.23. The molecule has 0 radical (unpaired) electrons. The van der Waals surface area contributed by atoms with Crippen LogP contribution in [0, 0.1) is 0 Å². The van der Waals surface area contributed by atoms with Crippen LogP contribution in [0.1, 0.15) is 13.8 Å². The Balaban J connectivity index is 2.34. The number of amides is 2. The summed E-state index contributed by atoms with van der Waals surface area (Å²) in [7, 11) is 0. The molecule has 0 atom stereocenters. The number of hydrogen-bond acceptors (Lipinski definition) is 2. The third-order valence-electron chi connectivity index (χ3n) is 2.67. The molecule has 1 saturated heterocycles. The molecule has 2 rings (SSSR count). The fourth-order valence-corrected chi connectivity index (χ4v) is 2.09. The first-order chi connectivity index (χ1) is 7.90. The van der Waals surface area contributed by atoms with Gasteiger partial charge in [0, 0.05) is 10.2 Å². The van der Waals surface area contributed by atoms with Crippen molar-refractivity contribution in [2.45, 2.75) is 19.4 Å². The molecule has 0 saturated carbocycles. The molecule has 1 N–H and O–H groups in total. The number of carbonyl (C=O) groups excluding carboxylic acids is 2. The second kappa shape index (κ2) is 4.14. The van der Waals surface area contributed by atoms with Gasteiger partial charge >= 0.3 is 0 Å². The zero-order valence-corrected chi connectivity index (χ0v) is 11.2. The Labute approximate surface area is 108 Å². The van der Waals surface area contributed by atoms with Gasteiger partial charge in [-0.15, -0.1) is 0 Å². The van der Waals surface area contributed by atoms with Crippen molar-refractivity contribution in [3.63, 3.8) is 0 Å². The number of halogens is 1. The van der Waals surface area contributed by atoms with Crippen LogP contribution in [0.25, 0.3) is 0 Å². The van der Waals surface area contributed by atoms with Crippen LogP contribution in [0.3, 0.4) is 0 Å². The van der Waals surface area contributed by atoms with Crippen molar-refractivity contribution in [1.29, 1.82) is 0 Å². The number of hydrogen-bond donors (Lipinski definition) is 1. The number of carbonyl (C=O) groups is 2. The molecule has 0 aliphatic carbocycles. The van der Waals surface area contributed by atoms with Crippen molar-refractivity contribution in [3.8, 4) is 0 Å². The van der Waals surface area contributed by atoms with Crippen LogP contribution in [-0.2, 0) is 9.59 Å². The average molecular weight is 297 g/mol. The Bertz CT molecular complexity index is 468. The van der Waals surface area contributed by atoms with E-state index in [1.54, 1.807) is 13.8 Å². The number of piperazine rings is 1. The maximum atomic E-state index is 12.2. The van der Waals surface area contributed by atoms with Crippen LogP contribution in [0.5, 0.6) is 0 Å². The fraction of sp³-hybridized carbons (Fsp3) is 0.333. The van der Waals surface area contributed by atoms with Crippen molar-refractivity contribution in [2.75, 3.05) is 11.4 Å². The van der Waals surface area contributed by atoms with Gasteiger partial charge in [0.15, 0.2) is 0 Å². The molecule has 17 heavy (non-hydrogen) atoms. The summed E-state index contributed by atoms with van der Waals surface area (Å²) >= 11 is 3.34. The van der Waals surface area contributed by atoms with Crippen molar-refractivity contribution < 1.29 is 9.59 Å². The number of anilines is 1. The highest BCUT2D eigenvalue weighted by Gasteiger charge is 2.39. The van der Waals surface area contributed by atoms with E-state index in [2.05, 4.69) is 21.2 Å². The highest BCUT2D eigenvalue weighted by atomic mass is 79.9. The zero-order valence-electron chi connectivity index (χ0n) is 9.66. The smallest absolute Gasteiger partial charge is 0.252 e. The Morgan fingerprint density at radius 2 is 1.82 bits per heavy atom. The Kier molecular flexibility index (Phi) is 2.95. The maximum Gasteiger partial charge on any atom is 0.252 e. The van der Waals surface area contributed by atoms with Gasteiger partial charge < -0.3 is 10.2 Å². The normalized spacial score (nSPS) is 19.1. The van der Waals surface area contributed by atoms with Crippen molar-refractivity contribution in [2.24, 2.45) is 0 Å². The van der Waals surface area contributed by atoms with E-state index in [4.69, 9.17) is 0 Å². The largest absolute Gasteiger partial charge is 0.341 e. The monoisotopic (exact) mass is 296 g/mol. The van der Waals surface area contributed by atoms with E-state index < -0.39 is 5.54 Å². The minimum Gasteiger partial charge on any atom is -0.341 e. The van der Waals surface area contributed by atoms with Gasteiger partial charge in [0.05, 0.1) is 0 Å². The van der Waals surface area contributed by atoms with E-state index >= 15 is 0 Å². The van der Waals surface area contributed by atoms with E-state index in [1.807, 2.05) is 24.3 Å². The minimum atomic E-state index is -0.845. The van der Waals surface area contributed by atoms with Crippen LogP contribution in [0.4, 0.5) is 5.69 Å². The molecule has 4 nitrogen and oxygen atoms in total. The van der Waals surface area contributed by atoms with Gasteiger partial charge in [0.2, 0.25) is 5.91 Å². The zero-order chi connectivity index (χ0) is 12.6.